The number of benzene rings is 3. The highest BCUT2D eigenvalue weighted by molar-refractivity contribution is 6.40. The molecule has 0 fully saturated rings. The molecule has 0 saturated heterocycles. The first-order chi connectivity index (χ1) is 20.9. The van der Waals surface area contributed by atoms with Crippen molar-refractivity contribution < 1.29 is 53.1 Å². The predicted octanol–water partition coefficient (Wildman–Crippen LogP) is 8.04. The van der Waals surface area contributed by atoms with Gasteiger partial charge in [0.15, 0.2) is 23.0 Å². The van der Waals surface area contributed by atoms with Gasteiger partial charge in [-0.2, -0.15) is 0 Å². The fourth-order valence-corrected chi connectivity index (χ4v) is 5.57. The van der Waals surface area contributed by atoms with E-state index in [-0.39, 0.29) is 42.5 Å². The number of aromatic carboxylic acids is 1. The van der Waals surface area contributed by atoms with E-state index in [0.29, 0.717) is 0 Å². The van der Waals surface area contributed by atoms with E-state index < -0.39 is 75.2 Å². The molecule has 0 bridgehead atoms. The maximum Gasteiger partial charge on any atom is 0.343 e. The van der Waals surface area contributed by atoms with Gasteiger partial charge in [-0.1, -0.05) is 76.5 Å². The number of phenolic OH excluding ortho intramolecular Hbond substituents is 1. The summed E-state index contributed by atoms with van der Waals surface area (Å²) >= 11 is 36.8. The number of hydrogen-bond donors (Lipinski definition) is 2. The predicted molar refractivity (Wildman–Crippen MR) is 164 cm³/mol. The standard InChI is InChI=1S/C28H18Cl6O11/c1-9(8-42-27(40)12-4-14(29)22(37)15(30)5-12)18-19(26(38)39)24(21(34)25(20(18)33)44-11(3)36)45-28(41)13-6-16(31)23(17(32)7-13)43-10(2)35/h4-7,9,37H,8H2,1-3H3,(H,38,39). The minimum atomic E-state index is -1.68. The van der Waals surface area contributed by atoms with Gasteiger partial charge in [-0.15, -0.1) is 0 Å². The maximum atomic E-state index is 13.2. The van der Waals surface area contributed by atoms with Crippen LogP contribution in [0.4, 0.5) is 0 Å². The van der Waals surface area contributed by atoms with E-state index in [1.807, 2.05) is 0 Å². The molecule has 0 radical (unpaired) electrons. The van der Waals surface area contributed by atoms with Gasteiger partial charge in [0.05, 0.1) is 42.8 Å². The monoisotopic (exact) mass is 740 g/mol. The number of carboxylic acid groups (broad SMARTS) is 1. The molecule has 0 amide bonds. The number of ether oxygens (including phenoxy) is 4. The average Bonchev–Trinajstić information content (AvgIpc) is 2.94. The zero-order chi connectivity index (χ0) is 33.9. The molecule has 3 aromatic carbocycles. The van der Waals surface area contributed by atoms with Crippen LogP contribution in [0.1, 0.15) is 63.3 Å². The number of aromatic hydroxyl groups is 1. The molecule has 0 spiro atoms. The van der Waals surface area contributed by atoms with Gasteiger partial charge in [0.2, 0.25) is 0 Å². The van der Waals surface area contributed by atoms with Crippen LogP contribution in [0.5, 0.6) is 23.0 Å². The molecule has 17 heteroatoms. The zero-order valence-electron chi connectivity index (χ0n) is 22.9. The number of halogens is 6. The lowest BCUT2D eigenvalue weighted by atomic mass is 9.94. The van der Waals surface area contributed by atoms with Crippen LogP contribution < -0.4 is 14.2 Å². The molecule has 1 unspecified atom stereocenters. The van der Waals surface area contributed by atoms with Crippen molar-refractivity contribution in [3.8, 4) is 23.0 Å². The van der Waals surface area contributed by atoms with Crippen molar-refractivity contribution in [2.24, 2.45) is 0 Å². The third kappa shape index (κ3) is 8.23. The largest absolute Gasteiger partial charge is 0.505 e. The van der Waals surface area contributed by atoms with Crippen LogP contribution in [-0.2, 0) is 14.3 Å². The van der Waals surface area contributed by atoms with Gasteiger partial charge in [0, 0.05) is 19.8 Å². The van der Waals surface area contributed by atoms with Crippen LogP contribution in [0.3, 0.4) is 0 Å². The lowest BCUT2D eigenvalue weighted by molar-refractivity contribution is -0.132. The third-order valence-electron chi connectivity index (χ3n) is 5.67. The Balaban J connectivity index is 2.09. The normalized spacial score (nSPS) is 11.4. The molecule has 3 aromatic rings. The molecular weight excluding hydrogens is 725 g/mol. The highest BCUT2D eigenvalue weighted by Crippen LogP contribution is 2.48. The number of carbonyl (C=O) groups excluding carboxylic acids is 4. The van der Waals surface area contributed by atoms with Gasteiger partial charge in [-0.25, -0.2) is 14.4 Å². The molecule has 0 aromatic heterocycles. The van der Waals surface area contributed by atoms with Crippen molar-refractivity contribution in [1.29, 1.82) is 0 Å². The minimum absolute atomic E-state index is 0.136. The fourth-order valence-electron chi connectivity index (χ4n) is 3.79. The number of rotatable bonds is 9. The summed E-state index contributed by atoms with van der Waals surface area (Å²) in [6.45, 7) is 2.99. The van der Waals surface area contributed by atoms with Gasteiger partial charge >= 0.3 is 29.8 Å². The second-order valence-electron chi connectivity index (χ2n) is 9.01. The number of esters is 4. The maximum absolute atomic E-state index is 13.2. The number of hydrogen-bond acceptors (Lipinski definition) is 10. The summed E-state index contributed by atoms with van der Waals surface area (Å²) < 4.78 is 20.7. The highest BCUT2D eigenvalue weighted by atomic mass is 35.5. The Bertz CT molecular complexity index is 1710. The summed E-state index contributed by atoms with van der Waals surface area (Å²) in [5.41, 5.74) is -1.47. The molecule has 11 nitrogen and oxygen atoms in total. The van der Waals surface area contributed by atoms with Crippen molar-refractivity contribution in [3.05, 3.63) is 76.7 Å². The van der Waals surface area contributed by atoms with Gasteiger partial charge in [0.25, 0.3) is 0 Å². The first-order valence-corrected chi connectivity index (χ1v) is 14.4. The molecule has 0 aliphatic heterocycles. The second kappa shape index (κ2) is 14.8. The number of phenols is 1. The van der Waals surface area contributed by atoms with Crippen LogP contribution in [0.2, 0.25) is 30.1 Å². The van der Waals surface area contributed by atoms with Crippen molar-refractivity contribution in [1.82, 2.24) is 0 Å². The molecule has 1 atom stereocenters. The van der Waals surface area contributed by atoms with E-state index in [4.69, 9.17) is 88.6 Å². The van der Waals surface area contributed by atoms with Gasteiger partial charge in [0.1, 0.15) is 10.6 Å². The fraction of sp³-hybridized carbons (Fsp3) is 0.179. The quantitative estimate of drug-likeness (QED) is 0.161. The summed E-state index contributed by atoms with van der Waals surface area (Å²) in [5, 5.41) is 17.9. The third-order valence-corrected chi connectivity index (χ3v) is 7.53. The first kappa shape index (κ1) is 36.0. The van der Waals surface area contributed by atoms with E-state index in [9.17, 15) is 34.2 Å². The van der Waals surface area contributed by atoms with Gasteiger partial charge < -0.3 is 29.2 Å². The van der Waals surface area contributed by atoms with Crippen LogP contribution in [0.25, 0.3) is 0 Å². The van der Waals surface area contributed by atoms with Crippen molar-refractivity contribution in [2.75, 3.05) is 6.61 Å². The molecule has 0 aliphatic rings. The Morgan fingerprint density at radius 1 is 0.689 bits per heavy atom. The average molecular weight is 743 g/mol. The Kier molecular flexibility index (Phi) is 11.8. The SMILES string of the molecule is CC(=O)Oc1c(Cl)cc(C(=O)Oc2c(Cl)c(OC(C)=O)c(Cl)c(C(C)COC(=O)c3cc(Cl)c(O)c(Cl)c3)c2C(=O)O)cc1Cl. The second-order valence-corrected chi connectivity index (χ2v) is 11.4. The zero-order valence-corrected chi connectivity index (χ0v) is 27.5. The Hall–Kier alpha value is -3.45. The summed E-state index contributed by atoms with van der Waals surface area (Å²) in [6.07, 6.45) is 0. The summed E-state index contributed by atoms with van der Waals surface area (Å²) in [7, 11) is 0. The smallest absolute Gasteiger partial charge is 0.343 e. The molecule has 0 saturated carbocycles. The molecule has 2 N–H and O–H groups in total. The van der Waals surface area contributed by atoms with Crippen molar-refractivity contribution in [2.45, 2.75) is 26.7 Å². The lowest BCUT2D eigenvalue weighted by Crippen LogP contribution is -2.19. The van der Waals surface area contributed by atoms with E-state index in [1.54, 1.807) is 0 Å². The van der Waals surface area contributed by atoms with Crippen LogP contribution in [0, 0.1) is 0 Å². The lowest BCUT2D eigenvalue weighted by Gasteiger charge is -2.22. The van der Waals surface area contributed by atoms with Crippen molar-refractivity contribution >= 4 is 99.5 Å². The molecule has 3 rings (SSSR count). The summed E-state index contributed by atoms with van der Waals surface area (Å²) in [6, 6.07) is 4.27. The van der Waals surface area contributed by atoms with E-state index in [0.717, 1.165) is 38.1 Å². The van der Waals surface area contributed by atoms with Gasteiger partial charge in [-0.05, 0) is 29.8 Å². The minimum Gasteiger partial charge on any atom is -0.505 e. The van der Waals surface area contributed by atoms with E-state index >= 15 is 0 Å². The summed E-state index contributed by atoms with van der Waals surface area (Å²) in [4.78, 5) is 61.6. The number of carboxylic acids is 1. The van der Waals surface area contributed by atoms with Crippen LogP contribution >= 0.6 is 69.6 Å². The van der Waals surface area contributed by atoms with Crippen LogP contribution in [0.15, 0.2) is 24.3 Å². The van der Waals surface area contributed by atoms with Crippen LogP contribution in [-0.4, -0.2) is 46.7 Å². The topological polar surface area (TPSA) is 163 Å². The van der Waals surface area contributed by atoms with Gasteiger partial charge in [-0.3, -0.25) is 9.59 Å². The van der Waals surface area contributed by atoms with Crippen molar-refractivity contribution in [3.63, 3.8) is 0 Å². The Morgan fingerprint density at radius 2 is 1.16 bits per heavy atom. The molecular formula is C28H18Cl6O11. The first-order valence-electron chi connectivity index (χ1n) is 12.2. The Labute approximate surface area is 284 Å². The van der Waals surface area contributed by atoms with E-state index in [2.05, 4.69) is 0 Å². The highest BCUT2D eigenvalue weighted by Gasteiger charge is 2.34. The molecule has 238 valence electrons. The molecule has 0 aliphatic carbocycles. The van der Waals surface area contributed by atoms with E-state index in [1.165, 1.54) is 6.92 Å². The summed E-state index contributed by atoms with van der Waals surface area (Å²) in [5.74, 6) is -8.59. The molecule has 45 heavy (non-hydrogen) atoms. The molecule has 0 heterocycles. The number of carbonyl (C=O) groups is 5. The Morgan fingerprint density at radius 3 is 1.64 bits per heavy atom.